The summed E-state index contributed by atoms with van der Waals surface area (Å²) in [6, 6.07) is 9.07. The van der Waals surface area contributed by atoms with Crippen LogP contribution < -0.4 is 5.73 Å². The summed E-state index contributed by atoms with van der Waals surface area (Å²) < 4.78 is 0. The summed E-state index contributed by atoms with van der Waals surface area (Å²) in [6.45, 7) is 4.89. The highest BCUT2D eigenvalue weighted by atomic mass is 32.1. The molecule has 1 atom stereocenters. The van der Waals surface area contributed by atoms with Crippen molar-refractivity contribution in [2.45, 2.75) is 32.4 Å². The Morgan fingerprint density at radius 3 is 3.00 bits per heavy atom. The maximum absolute atomic E-state index is 5.97. The summed E-state index contributed by atoms with van der Waals surface area (Å²) in [7, 11) is 0. The van der Waals surface area contributed by atoms with Gasteiger partial charge < -0.3 is 5.73 Å². The van der Waals surface area contributed by atoms with Gasteiger partial charge in [-0.3, -0.25) is 4.90 Å². The van der Waals surface area contributed by atoms with E-state index in [2.05, 4.69) is 46.5 Å². The molecule has 1 aromatic carbocycles. The Labute approximate surface area is 124 Å². The van der Waals surface area contributed by atoms with Crippen molar-refractivity contribution in [3.63, 3.8) is 0 Å². The smallest absolute Gasteiger partial charge is 0.0928 e. The monoisotopic (exact) mass is 287 g/mol. The number of nitrogens with two attached hydrogens (primary N) is 1. The predicted molar refractivity (Wildman–Crippen MR) is 83.8 cm³/mol. The molecule has 0 fully saturated rings. The maximum Gasteiger partial charge on any atom is 0.0928 e. The highest BCUT2D eigenvalue weighted by Crippen LogP contribution is 2.32. The van der Waals surface area contributed by atoms with Crippen molar-refractivity contribution in [1.82, 2.24) is 9.88 Å². The van der Waals surface area contributed by atoms with Gasteiger partial charge >= 0.3 is 0 Å². The Morgan fingerprint density at radius 1 is 1.40 bits per heavy atom. The van der Waals surface area contributed by atoms with E-state index in [1.165, 1.54) is 16.1 Å². The molecule has 4 heteroatoms. The minimum Gasteiger partial charge on any atom is -0.329 e. The average Bonchev–Trinajstić information content (AvgIpc) is 3.02. The largest absolute Gasteiger partial charge is 0.329 e. The molecule has 0 saturated heterocycles. The fourth-order valence-electron chi connectivity index (χ4n) is 2.99. The molecule has 0 saturated carbocycles. The summed E-state index contributed by atoms with van der Waals surface area (Å²) in [5.41, 5.74) is 9.97. The third-order valence-electron chi connectivity index (χ3n) is 3.95. The highest BCUT2D eigenvalue weighted by Gasteiger charge is 2.27. The summed E-state index contributed by atoms with van der Waals surface area (Å²) in [4.78, 5) is 7.03. The number of nitrogens with zero attached hydrogens (tertiary/aromatic N) is 2. The Hall–Kier alpha value is -1.23. The second-order valence-corrected chi connectivity index (χ2v) is 6.35. The van der Waals surface area contributed by atoms with E-state index in [0.717, 1.165) is 31.6 Å². The van der Waals surface area contributed by atoms with E-state index in [0.29, 0.717) is 12.6 Å². The highest BCUT2D eigenvalue weighted by molar-refractivity contribution is 7.09. The van der Waals surface area contributed by atoms with Gasteiger partial charge in [0.05, 0.1) is 5.01 Å². The van der Waals surface area contributed by atoms with Crippen LogP contribution in [-0.2, 0) is 13.0 Å². The Balaban J connectivity index is 1.59. The molecule has 1 aliphatic heterocycles. The zero-order valence-corrected chi connectivity index (χ0v) is 12.7. The van der Waals surface area contributed by atoms with Crippen LogP contribution in [0.15, 0.2) is 29.6 Å². The fraction of sp³-hybridized carbons (Fsp3) is 0.438. The van der Waals surface area contributed by atoms with Gasteiger partial charge in [0.2, 0.25) is 0 Å². The summed E-state index contributed by atoms with van der Waals surface area (Å²) in [5.74, 6) is 0. The number of fused-ring (bicyclic) bond motifs is 1. The van der Waals surface area contributed by atoms with Gasteiger partial charge in [0, 0.05) is 36.6 Å². The lowest BCUT2D eigenvalue weighted by Gasteiger charge is -2.23. The lowest BCUT2D eigenvalue weighted by atomic mass is 10.1. The third kappa shape index (κ3) is 2.77. The first kappa shape index (κ1) is 13.7. The van der Waals surface area contributed by atoms with Crippen LogP contribution in [0.5, 0.6) is 0 Å². The average molecular weight is 287 g/mol. The van der Waals surface area contributed by atoms with Gasteiger partial charge in [-0.25, -0.2) is 4.98 Å². The summed E-state index contributed by atoms with van der Waals surface area (Å²) >= 11 is 1.77. The normalized spacial score (nSPS) is 18.4. The first-order valence-electron chi connectivity index (χ1n) is 7.21. The van der Waals surface area contributed by atoms with Crippen molar-refractivity contribution >= 4 is 11.3 Å². The molecule has 0 spiro atoms. The number of aryl methyl sites for hydroxylation is 2. The number of thiazole rings is 1. The van der Waals surface area contributed by atoms with Gasteiger partial charge in [-0.05, 0) is 31.0 Å². The van der Waals surface area contributed by atoms with Gasteiger partial charge in [0.1, 0.15) is 0 Å². The molecule has 1 unspecified atom stereocenters. The molecular weight excluding hydrogens is 266 g/mol. The van der Waals surface area contributed by atoms with Crippen LogP contribution in [0, 0.1) is 6.92 Å². The lowest BCUT2D eigenvalue weighted by Crippen LogP contribution is -2.29. The molecule has 106 valence electrons. The standard InChI is InChI=1S/C16H21N3S/c1-12-11-20-16(18-12)7-4-8-19-10-13-5-2-3-6-14(13)15(19)9-17/h2-3,5-6,11,15H,4,7-10,17H2,1H3. The Kier molecular flexibility index (Phi) is 4.15. The molecule has 20 heavy (non-hydrogen) atoms. The molecule has 3 nitrogen and oxygen atoms in total. The zero-order chi connectivity index (χ0) is 13.9. The number of aromatic nitrogens is 1. The molecule has 2 heterocycles. The molecule has 2 aromatic rings. The SMILES string of the molecule is Cc1csc(CCCN2Cc3ccccc3C2CN)n1. The summed E-state index contributed by atoms with van der Waals surface area (Å²) in [5, 5.41) is 3.38. The first-order valence-corrected chi connectivity index (χ1v) is 8.09. The number of hydrogen-bond acceptors (Lipinski definition) is 4. The van der Waals surface area contributed by atoms with Crippen molar-refractivity contribution in [2.24, 2.45) is 5.73 Å². The zero-order valence-electron chi connectivity index (χ0n) is 11.9. The Bertz CT molecular complexity index is 579. The van der Waals surface area contributed by atoms with Crippen LogP contribution in [-0.4, -0.2) is 23.0 Å². The molecule has 3 rings (SSSR count). The van der Waals surface area contributed by atoms with E-state index in [9.17, 15) is 0 Å². The molecule has 0 bridgehead atoms. The van der Waals surface area contributed by atoms with Crippen molar-refractivity contribution < 1.29 is 0 Å². The van der Waals surface area contributed by atoms with Gasteiger partial charge in [-0.15, -0.1) is 11.3 Å². The molecule has 1 aliphatic rings. The molecule has 1 aromatic heterocycles. The molecular formula is C16H21N3S. The number of benzene rings is 1. The van der Waals surface area contributed by atoms with Gasteiger partial charge in [0.15, 0.2) is 0 Å². The van der Waals surface area contributed by atoms with Crippen LogP contribution in [0.25, 0.3) is 0 Å². The van der Waals surface area contributed by atoms with Crippen LogP contribution in [0.3, 0.4) is 0 Å². The van der Waals surface area contributed by atoms with E-state index in [1.807, 2.05) is 0 Å². The minimum absolute atomic E-state index is 0.393. The quantitative estimate of drug-likeness (QED) is 0.919. The molecule has 2 N–H and O–H groups in total. The topological polar surface area (TPSA) is 42.1 Å². The molecule has 0 amide bonds. The van der Waals surface area contributed by atoms with Crippen molar-refractivity contribution in [2.75, 3.05) is 13.1 Å². The van der Waals surface area contributed by atoms with E-state index in [4.69, 9.17) is 5.73 Å². The van der Waals surface area contributed by atoms with Crippen molar-refractivity contribution in [1.29, 1.82) is 0 Å². The summed E-state index contributed by atoms with van der Waals surface area (Å²) in [6.07, 6.45) is 2.22. The van der Waals surface area contributed by atoms with Crippen LogP contribution in [0.4, 0.5) is 0 Å². The van der Waals surface area contributed by atoms with Crippen LogP contribution in [0.2, 0.25) is 0 Å². The van der Waals surface area contributed by atoms with Crippen LogP contribution in [0.1, 0.15) is 34.3 Å². The van der Waals surface area contributed by atoms with E-state index in [-0.39, 0.29) is 0 Å². The maximum atomic E-state index is 5.97. The lowest BCUT2D eigenvalue weighted by molar-refractivity contribution is 0.217. The number of hydrogen-bond donors (Lipinski definition) is 1. The second-order valence-electron chi connectivity index (χ2n) is 5.41. The third-order valence-corrected chi connectivity index (χ3v) is 4.98. The number of rotatable bonds is 5. The van der Waals surface area contributed by atoms with E-state index < -0.39 is 0 Å². The van der Waals surface area contributed by atoms with Crippen LogP contribution >= 0.6 is 11.3 Å². The van der Waals surface area contributed by atoms with E-state index >= 15 is 0 Å². The Morgan fingerprint density at radius 2 is 2.25 bits per heavy atom. The van der Waals surface area contributed by atoms with Gasteiger partial charge in [0.25, 0.3) is 0 Å². The van der Waals surface area contributed by atoms with Gasteiger partial charge in [-0.2, -0.15) is 0 Å². The second kappa shape index (κ2) is 6.04. The molecule has 0 aliphatic carbocycles. The van der Waals surface area contributed by atoms with E-state index in [1.54, 1.807) is 11.3 Å². The minimum atomic E-state index is 0.393. The van der Waals surface area contributed by atoms with Gasteiger partial charge in [-0.1, -0.05) is 24.3 Å². The van der Waals surface area contributed by atoms with Crippen molar-refractivity contribution in [3.8, 4) is 0 Å². The molecule has 0 radical (unpaired) electrons. The first-order chi connectivity index (χ1) is 9.78. The fourth-order valence-corrected chi connectivity index (χ4v) is 3.81. The predicted octanol–water partition coefficient (Wildman–Crippen LogP) is 2.90. The van der Waals surface area contributed by atoms with Crippen molar-refractivity contribution in [3.05, 3.63) is 51.5 Å².